The molecule has 17 heavy (non-hydrogen) atoms. The molecule has 0 aliphatic rings. The van der Waals surface area contributed by atoms with Gasteiger partial charge in [-0.2, -0.15) is 15.0 Å². The Kier molecular flexibility index (Phi) is 4.83. The van der Waals surface area contributed by atoms with Crippen molar-refractivity contribution in [2.24, 2.45) is 11.7 Å². The lowest BCUT2D eigenvalue weighted by Crippen LogP contribution is -2.32. The molecule has 0 bridgehead atoms. The summed E-state index contributed by atoms with van der Waals surface area (Å²) >= 11 is 10.7. The Hall–Kier alpha value is -1.21. The van der Waals surface area contributed by atoms with Crippen molar-refractivity contribution in [2.75, 3.05) is 25.6 Å². The second kappa shape index (κ2) is 5.92. The van der Waals surface area contributed by atoms with Crippen molar-refractivity contribution in [2.45, 2.75) is 6.92 Å². The zero-order chi connectivity index (χ0) is 13.0. The molecular weight excluding hydrogens is 262 g/mol. The van der Waals surface area contributed by atoms with E-state index >= 15 is 0 Å². The Bertz CT molecular complexity index is 416. The van der Waals surface area contributed by atoms with Crippen LogP contribution in [0.1, 0.15) is 6.92 Å². The van der Waals surface area contributed by atoms with Crippen molar-refractivity contribution in [1.29, 1.82) is 0 Å². The fourth-order valence-corrected chi connectivity index (χ4v) is 1.39. The fraction of sp³-hybridized carbons (Fsp3) is 0.556. The van der Waals surface area contributed by atoms with Crippen LogP contribution in [0.2, 0.25) is 5.28 Å². The Morgan fingerprint density at radius 2 is 2.18 bits per heavy atom. The summed E-state index contributed by atoms with van der Waals surface area (Å²) in [6.07, 6.45) is 0. The first kappa shape index (κ1) is 13.9. The van der Waals surface area contributed by atoms with Crippen LogP contribution in [0.5, 0.6) is 6.01 Å². The van der Waals surface area contributed by atoms with Gasteiger partial charge in [-0.3, -0.25) is 0 Å². The zero-order valence-corrected chi connectivity index (χ0v) is 11.4. The number of aromatic nitrogens is 3. The topological polar surface area (TPSA) is 77.2 Å². The predicted octanol–water partition coefficient (Wildman–Crippen LogP) is 0.892. The molecule has 0 aliphatic carbocycles. The maximum atomic E-state index is 5.75. The minimum Gasteiger partial charge on any atom is -0.467 e. The first-order valence-corrected chi connectivity index (χ1v) is 5.68. The Morgan fingerprint density at radius 3 is 2.71 bits per heavy atom. The largest absolute Gasteiger partial charge is 0.467 e. The molecule has 0 aromatic carbocycles. The lowest BCUT2D eigenvalue weighted by molar-refractivity contribution is 0.378. The summed E-state index contributed by atoms with van der Waals surface area (Å²) in [7, 11) is 3.28. The molecule has 0 fully saturated rings. The molecule has 1 aromatic heterocycles. The molecule has 0 spiro atoms. The summed E-state index contributed by atoms with van der Waals surface area (Å²) in [5, 5.41) is 0.0849. The average molecular weight is 276 g/mol. The summed E-state index contributed by atoms with van der Waals surface area (Å²) in [4.78, 5) is 14.1. The highest BCUT2D eigenvalue weighted by Gasteiger charge is 2.14. The Labute approximate surface area is 110 Å². The molecule has 2 N–H and O–H groups in total. The predicted molar refractivity (Wildman–Crippen MR) is 70.6 cm³/mol. The number of thiocarbonyl (C=S) groups is 1. The lowest BCUT2D eigenvalue weighted by Gasteiger charge is -2.20. The van der Waals surface area contributed by atoms with Crippen LogP contribution >= 0.6 is 23.8 Å². The molecule has 0 saturated heterocycles. The standard InChI is InChI=1S/C9H14ClN5OS/c1-5(6(11)17)4-15(2)8-12-7(10)13-9(14-8)16-3/h5H,4H2,1-3H3,(H2,11,17). The molecule has 0 saturated carbocycles. The molecule has 0 aliphatic heterocycles. The molecule has 1 heterocycles. The number of ether oxygens (including phenoxy) is 1. The van der Waals surface area contributed by atoms with E-state index in [1.807, 2.05) is 14.0 Å². The van der Waals surface area contributed by atoms with Gasteiger partial charge in [0.05, 0.1) is 12.1 Å². The van der Waals surface area contributed by atoms with E-state index in [4.69, 9.17) is 34.3 Å². The van der Waals surface area contributed by atoms with Crippen LogP contribution in [0, 0.1) is 5.92 Å². The van der Waals surface area contributed by atoms with Gasteiger partial charge < -0.3 is 15.4 Å². The first-order valence-electron chi connectivity index (χ1n) is 4.90. The van der Waals surface area contributed by atoms with Gasteiger partial charge in [0.1, 0.15) is 0 Å². The highest BCUT2D eigenvalue weighted by Crippen LogP contribution is 2.14. The SMILES string of the molecule is COc1nc(Cl)nc(N(C)CC(C)C(N)=S)n1. The van der Waals surface area contributed by atoms with E-state index in [2.05, 4.69) is 15.0 Å². The van der Waals surface area contributed by atoms with Crippen molar-refractivity contribution in [1.82, 2.24) is 15.0 Å². The number of hydrogen-bond donors (Lipinski definition) is 1. The van der Waals surface area contributed by atoms with E-state index in [0.29, 0.717) is 17.5 Å². The number of rotatable bonds is 5. The van der Waals surface area contributed by atoms with Crippen LogP contribution in [-0.4, -0.2) is 40.6 Å². The maximum absolute atomic E-state index is 5.75. The molecule has 1 unspecified atom stereocenters. The first-order chi connectivity index (χ1) is 7.93. The van der Waals surface area contributed by atoms with Crippen LogP contribution in [0.25, 0.3) is 0 Å². The van der Waals surface area contributed by atoms with Gasteiger partial charge in [0.25, 0.3) is 0 Å². The third-order valence-corrected chi connectivity index (χ3v) is 2.70. The second-order valence-electron chi connectivity index (χ2n) is 3.58. The molecule has 8 heteroatoms. The van der Waals surface area contributed by atoms with Crippen molar-refractivity contribution in [3.05, 3.63) is 5.28 Å². The number of nitrogens with zero attached hydrogens (tertiary/aromatic N) is 4. The Morgan fingerprint density at radius 1 is 1.53 bits per heavy atom. The van der Waals surface area contributed by atoms with E-state index in [0.717, 1.165) is 0 Å². The summed E-state index contributed by atoms with van der Waals surface area (Å²) in [5.41, 5.74) is 5.55. The van der Waals surface area contributed by atoms with Crippen molar-refractivity contribution < 1.29 is 4.74 Å². The van der Waals surface area contributed by atoms with Gasteiger partial charge in [0, 0.05) is 19.5 Å². The molecule has 0 radical (unpaired) electrons. The van der Waals surface area contributed by atoms with E-state index in [-0.39, 0.29) is 17.2 Å². The molecular formula is C9H14ClN5OS. The van der Waals surface area contributed by atoms with Crippen LogP contribution in [-0.2, 0) is 0 Å². The van der Waals surface area contributed by atoms with E-state index < -0.39 is 0 Å². The van der Waals surface area contributed by atoms with E-state index in [1.54, 1.807) is 4.90 Å². The maximum Gasteiger partial charge on any atom is 0.322 e. The van der Waals surface area contributed by atoms with Crippen LogP contribution < -0.4 is 15.4 Å². The summed E-state index contributed by atoms with van der Waals surface area (Å²) in [6.45, 7) is 2.53. The van der Waals surface area contributed by atoms with Crippen LogP contribution in [0.15, 0.2) is 0 Å². The summed E-state index contributed by atoms with van der Waals surface area (Å²) < 4.78 is 4.91. The van der Waals surface area contributed by atoms with Gasteiger partial charge in [-0.15, -0.1) is 0 Å². The van der Waals surface area contributed by atoms with Gasteiger partial charge >= 0.3 is 6.01 Å². The molecule has 6 nitrogen and oxygen atoms in total. The van der Waals surface area contributed by atoms with Gasteiger partial charge in [-0.05, 0) is 11.6 Å². The number of methoxy groups -OCH3 is 1. The van der Waals surface area contributed by atoms with Crippen molar-refractivity contribution in [3.8, 4) is 6.01 Å². The highest BCUT2D eigenvalue weighted by atomic mass is 35.5. The van der Waals surface area contributed by atoms with Gasteiger partial charge in [-0.25, -0.2) is 0 Å². The third-order valence-electron chi connectivity index (χ3n) is 2.13. The smallest absolute Gasteiger partial charge is 0.322 e. The lowest BCUT2D eigenvalue weighted by atomic mass is 10.2. The van der Waals surface area contributed by atoms with Crippen LogP contribution in [0.4, 0.5) is 5.95 Å². The van der Waals surface area contributed by atoms with Gasteiger partial charge in [0.2, 0.25) is 11.2 Å². The minimum atomic E-state index is 0.0523. The average Bonchev–Trinajstić information content (AvgIpc) is 2.27. The summed E-state index contributed by atoms with van der Waals surface area (Å²) in [5.74, 6) is 0.474. The number of anilines is 1. The van der Waals surface area contributed by atoms with E-state index in [9.17, 15) is 0 Å². The number of halogens is 1. The van der Waals surface area contributed by atoms with Crippen LogP contribution in [0.3, 0.4) is 0 Å². The normalized spacial score (nSPS) is 12.0. The summed E-state index contributed by atoms with van der Waals surface area (Å²) in [6, 6.07) is 0.176. The third kappa shape index (κ3) is 3.94. The zero-order valence-electron chi connectivity index (χ0n) is 9.85. The fourth-order valence-electron chi connectivity index (χ4n) is 1.17. The monoisotopic (exact) mass is 275 g/mol. The van der Waals surface area contributed by atoms with E-state index in [1.165, 1.54) is 7.11 Å². The van der Waals surface area contributed by atoms with Gasteiger partial charge in [-0.1, -0.05) is 19.1 Å². The van der Waals surface area contributed by atoms with Crippen molar-refractivity contribution >= 4 is 34.8 Å². The quantitative estimate of drug-likeness (QED) is 0.800. The molecule has 94 valence electrons. The number of nitrogens with two attached hydrogens (primary N) is 1. The molecule has 1 atom stereocenters. The molecule has 0 amide bonds. The molecule has 1 rings (SSSR count). The molecule has 1 aromatic rings. The minimum absolute atomic E-state index is 0.0523. The number of hydrogen-bond acceptors (Lipinski definition) is 6. The van der Waals surface area contributed by atoms with Gasteiger partial charge in [0.15, 0.2) is 0 Å². The van der Waals surface area contributed by atoms with Crippen molar-refractivity contribution in [3.63, 3.8) is 0 Å². The second-order valence-corrected chi connectivity index (χ2v) is 4.38. The highest BCUT2D eigenvalue weighted by molar-refractivity contribution is 7.80. The Balaban J connectivity index is 2.84.